The van der Waals surface area contributed by atoms with Crippen molar-refractivity contribution in [2.24, 2.45) is 5.73 Å². The lowest BCUT2D eigenvalue weighted by Gasteiger charge is -2.14. The monoisotopic (exact) mass is 331 g/mol. The van der Waals surface area contributed by atoms with E-state index < -0.39 is 11.7 Å². The van der Waals surface area contributed by atoms with Gasteiger partial charge in [-0.1, -0.05) is 0 Å². The van der Waals surface area contributed by atoms with Crippen LogP contribution in [0.2, 0.25) is 0 Å². The van der Waals surface area contributed by atoms with Crippen LogP contribution in [0.4, 0.5) is 13.2 Å². The van der Waals surface area contributed by atoms with Gasteiger partial charge in [-0.2, -0.15) is 13.2 Å². The van der Waals surface area contributed by atoms with E-state index in [0.717, 1.165) is 6.07 Å². The molecule has 0 aromatic heterocycles. The van der Waals surface area contributed by atoms with Crippen molar-refractivity contribution in [3.63, 3.8) is 0 Å². The van der Waals surface area contributed by atoms with Crippen molar-refractivity contribution in [2.45, 2.75) is 12.7 Å². The van der Waals surface area contributed by atoms with Gasteiger partial charge in [-0.15, -0.1) is 0 Å². The summed E-state index contributed by atoms with van der Waals surface area (Å²) in [5.74, 6) is 0.184. The SMILES string of the molecule is COc1cc(I)c(CN)c(C(F)(F)F)c1. The standard InChI is InChI=1S/C9H9F3INO/c1-15-5-2-7(9(10,11)12)6(4-14)8(13)3-5/h2-3H,4,14H2,1H3. The number of benzene rings is 1. The Hall–Kier alpha value is -0.500. The van der Waals surface area contributed by atoms with Crippen LogP contribution in [0.1, 0.15) is 11.1 Å². The van der Waals surface area contributed by atoms with Gasteiger partial charge in [-0.25, -0.2) is 0 Å². The summed E-state index contributed by atoms with van der Waals surface area (Å²) in [6, 6.07) is 2.49. The van der Waals surface area contributed by atoms with Gasteiger partial charge in [0.15, 0.2) is 0 Å². The maximum absolute atomic E-state index is 12.6. The van der Waals surface area contributed by atoms with E-state index in [-0.39, 0.29) is 17.9 Å². The Morgan fingerprint density at radius 3 is 2.40 bits per heavy atom. The molecule has 0 amide bonds. The average molecular weight is 331 g/mol. The Kier molecular flexibility index (Phi) is 3.82. The third kappa shape index (κ3) is 2.75. The fraction of sp³-hybridized carbons (Fsp3) is 0.333. The molecule has 0 atom stereocenters. The highest BCUT2D eigenvalue weighted by molar-refractivity contribution is 14.1. The smallest absolute Gasteiger partial charge is 0.416 e. The third-order valence-electron chi connectivity index (χ3n) is 1.91. The molecule has 84 valence electrons. The zero-order valence-electron chi connectivity index (χ0n) is 7.86. The van der Waals surface area contributed by atoms with E-state index in [2.05, 4.69) is 0 Å². The molecule has 0 aliphatic heterocycles. The fourth-order valence-electron chi connectivity index (χ4n) is 1.19. The minimum absolute atomic E-state index is 0.101. The number of nitrogens with two attached hydrogens (primary N) is 1. The van der Waals surface area contributed by atoms with Crippen molar-refractivity contribution in [2.75, 3.05) is 7.11 Å². The third-order valence-corrected chi connectivity index (χ3v) is 2.88. The largest absolute Gasteiger partial charge is 0.497 e. The Balaban J connectivity index is 3.39. The van der Waals surface area contributed by atoms with Crippen molar-refractivity contribution >= 4 is 22.6 Å². The van der Waals surface area contributed by atoms with Gasteiger partial charge in [0.1, 0.15) is 5.75 Å². The van der Waals surface area contributed by atoms with E-state index >= 15 is 0 Å². The van der Waals surface area contributed by atoms with Crippen molar-refractivity contribution in [3.8, 4) is 5.75 Å². The highest BCUT2D eigenvalue weighted by atomic mass is 127. The average Bonchev–Trinajstić information content (AvgIpc) is 2.15. The van der Waals surface area contributed by atoms with Crippen molar-refractivity contribution < 1.29 is 17.9 Å². The first-order valence-corrected chi connectivity index (χ1v) is 5.11. The zero-order valence-corrected chi connectivity index (χ0v) is 10.0. The van der Waals surface area contributed by atoms with Gasteiger partial charge in [0, 0.05) is 10.1 Å². The summed E-state index contributed by atoms with van der Waals surface area (Å²) in [5.41, 5.74) is 4.67. The minimum Gasteiger partial charge on any atom is -0.497 e. The van der Waals surface area contributed by atoms with Crippen LogP contribution in [0.25, 0.3) is 0 Å². The molecule has 0 heterocycles. The van der Waals surface area contributed by atoms with Gasteiger partial charge in [-0.3, -0.25) is 0 Å². The molecule has 15 heavy (non-hydrogen) atoms. The molecular weight excluding hydrogens is 322 g/mol. The molecule has 1 aromatic rings. The lowest BCUT2D eigenvalue weighted by atomic mass is 10.1. The van der Waals surface area contributed by atoms with E-state index in [9.17, 15) is 13.2 Å². The quantitative estimate of drug-likeness (QED) is 0.846. The van der Waals surface area contributed by atoms with Gasteiger partial charge in [0.25, 0.3) is 0 Å². The summed E-state index contributed by atoms with van der Waals surface area (Å²) in [6.45, 7) is -0.142. The molecule has 0 radical (unpaired) electrons. The first-order chi connectivity index (χ1) is 6.90. The first kappa shape index (κ1) is 12.6. The minimum atomic E-state index is -4.40. The van der Waals surface area contributed by atoms with Crippen LogP contribution in [0.3, 0.4) is 0 Å². The lowest BCUT2D eigenvalue weighted by molar-refractivity contribution is -0.138. The van der Waals surface area contributed by atoms with E-state index in [4.69, 9.17) is 10.5 Å². The Bertz CT molecular complexity index is 365. The second-order valence-corrected chi connectivity index (χ2v) is 4.00. The summed E-state index contributed by atoms with van der Waals surface area (Å²) in [4.78, 5) is 0. The number of halogens is 4. The molecule has 0 saturated heterocycles. The topological polar surface area (TPSA) is 35.2 Å². The number of hydrogen-bond donors (Lipinski definition) is 1. The molecule has 2 N–H and O–H groups in total. The summed E-state index contributed by atoms with van der Waals surface area (Å²) in [7, 11) is 1.33. The molecule has 0 aliphatic rings. The lowest BCUT2D eigenvalue weighted by Crippen LogP contribution is -2.13. The zero-order chi connectivity index (χ0) is 11.6. The van der Waals surface area contributed by atoms with Gasteiger partial charge in [-0.05, 0) is 40.3 Å². The second kappa shape index (κ2) is 4.56. The summed E-state index contributed by atoms with van der Waals surface area (Å²) >= 11 is 1.81. The first-order valence-electron chi connectivity index (χ1n) is 4.03. The maximum atomic E-state index is 12.6. The van der Waals surface area contributed by atoms with E-state index in [0.29, 0.717) is 3.57 Å². The van der Waals surface area contributed by atoms with Crippen LogP contribution >= 0.6 is 22.6 Å². The molecule has 0 spiro atoms. The van der Waals surface area contributed by atoms with Gasteiger partial charge >= 0.3 is 6.18 Å². The van der Waals surface area contributed by atoms with Crippen molar-refractivity contribution in [1.82, 2.24) is 0 Å². The van der Waals surface area contributed by atoms with E-state index in [1.165, 1.54) is 13.2 Å². The maximum Gasteiger partial charge on any atom is 0.416 e. The Labute approximate surface area is 98.7 Å². The molecule has 0 saturated carbocycles. The Morgan fingerprint density at radius 1 is 1.40 bits per heavy atom. The number of alkyl halides is 3. The van der Waals surface area contributed by atoms with E-state index in [1.54, 1.807) is 0 Å². The molecule has 0 unspecified atom stereocenters. The number of rotatable bonds is 2. The molecule has 1 aromatic carbocycles. The van der Waals surface area contributed by atoms with Crippen LogP contribution in [0.15, 0.2) is 12.1 Å². The highest BCUT2D eigenvalue weighted by Gasteiger charge is 2.34. The van der Waals surface area contributed by atoms with Crippen LogP contribution in [0.5, 0.6) is 5.75 Å². The Morgan fingerprint density at radius 2 is 2.00 bits per heavy atom. The van der Waals surface area contributed by atoms with Crippen molar-refractivity contribution in [1.29, 1.82) is 0 Å². The molecule has 0 aliphatic carbocycles. The second-order valence-electron chi connectivity index (χ2n) is 2.84. The predicted molar refractivity (Wildman–Crippen MR) is 58.6 cm³/mol. The number of ether oxygens (including phenoxy) is 1. The number of hydrogen-bond acceptors (Lipinski definition) is 2. The van der Waals surface area contributed by atoms with Crippen LogP contribution in [0, 0.1) is 3.57 Å². The molecule has 0 fully saturated rings. The van der Waals surface area contributed by atoms with Crippen molar-refractivity contribution in [3.05, 3.63) is 26.8 Å². The molecule has 1 rings (SSSR count). The van der Waals surface area contributed by atoms with Crippen LogP contribution < -0.4 is 10.5 Å². The molecule has 2 nitrogen and oxygen atoms in total. The summed E-state index contributed by atoms with van der Waals surface area (Å²) < 4.78 is 43.1. The van der Waals surface area contributed by atoms with Crippen LogP contribution in [-0.4, -0.2) is 7.11 Å². The summed E-state index contributed by atoms with van der Waals surface area (Å²) in [5, 5.41) is 0. The van der Waals surface area contributed by atoms with E-state index in [1.807, 2.05) is 22.6 Å². The normalized spacial score (nSPS) is 11.6. The molecule has 0 bridgehead atoms. The van der Waals surface area contributed by atoms with Gasteiger partial charge in [0.2, 0.25) is 0 Å². The molecule has 6 heteroatoms. The molecular formula is C9H9F3INO. The van der Waals surface area contributed by atoms with Gasteiger partial charge in [0.05, 0.1) is 12.7 Å². The van der Waals surface area contributed by atoms with Crippen LogP contribution in [-0.2, 0) is 12.7 Å². The highest BCUT2D eigenvalue weighted by Crippen LogP contribution is 2.36. The fourth-order valence-corrected chi connectivity index (χ4v) is 2.01. The predicted octanol–water partition coefficient (Wildman–Crippen LogP) is 2.78. The van der Waals surface area contributed by atoms with Gasteiger partial charge < -0.3 is 10.5 Å². The summed E-state index contributed by atoms with van der Waals surface area (Å²) in [6.07, 6.45) is -4.40. The number of methoxy groups -OCH3 is 1.